The summed E-state index contributed by atoms with van der Waals surface area (Å²) in [6.45, 7) is 0. The van der Waals surface area contributed by atoms with Gasteiger partial charge in [-0.1, -0.05) is 11.3 Å². The molecule has 0 aliphatic rings. The van der Waals surface area contributed by atoms with Crippen molar-refractivity contribution in [2.45, 2.75) is 0 Å². The molecule has 3 rings (SSSR count). The minimum Gasteiger partial charge on any atom is -0.478 e. The summed E-state index contributed by atoms with van der Waals surface area (Å²) in [5, 5.41) is 23.8. The summed E-state index contributed by atoms with van der Waals surface area (Å²) >= 11 is 6.11. The van der Waals surface area contributed by atoms with Gasteiger partial charge in [-0.15, -0.1) is 15.3 Å². The first-order valence-corrected chi connectivity index (χ1v) is 7.77. The van der Waals surface area contributed by atoms with Crippen molar-refractivity contribution in [1.29, 1.82) is 0 Å². The average Bonchev–Trinajstić information content (AvgIpc) is 3.23. The molecule has 0 spiro atoms. The van der Waals surface area contributed by atoms with Crippen molar-refractivity contribution in [2.24, 2.45) is 15.2 Å². The number of nitrogens with one attached hydrogen (secondary N) is 1. The van der Waals surface area contributed by atoms with E-state index in [2.05, 4.69) is 25.4 Å². The molecule has 0 bridgehead atoms. The van der Waals surface area contributed by atoms with E-state index in [1.54, 1.807) is 24.3 Å². The lowest BCUT2D eigenvalue weighted by atomic mass is 10.2. The highest BCUT2D eigenvalue weighted by atomic mass is 32.1. The van der Waals surface area contributed by atoms with Gasteiger partial charge in [-0.05, 0) is 48.6 Å². The molecule has 1 aromatic carbocycles. The maximum absolute atomic E-state index is 10.9. The van der Waals surface area contributed by atoms with Crippen LogP contribution >= 0.6 is 23.6 Å². The number of H-pyrrole nitrogens is 1. The molecule has 8 nitrogen and oxygen atoms in total. The molecule has 24 heavy (non-hydrogen) atoms. The van der Waals surface area contributed by atoms with Gasteiger partial charge in [-0.2, -0.15) is 0 Å². The Morgan fingerprint density at radius 3 is 2.67 bits per heavy atom. The molecular weight excluding hydrogens is 350 g/mol. The van der Waals surface area contributed by atoms with Crippen LogP contribution in [0.3, 0.4) is 0 Å². The van der Waals surface area contributed by atoms with Gasteiger partial charge in [0.25, 0.3) is 0 Å². The lowest BCUT2D eigenvalue weighted by molar-refractivity contribution is 0.0697. The van der Waals surface area contributed by atoms with E-state index in [-0.39, 0.29) is 11.4 Å². The number of hydrogen-bond donors (Lipinski definition) is 2. The fourth-order valence-corrected chi connectivity index (χ4v) is 2.39. The van der Waals surface area contributed by atoms with E-state index >= 15 is 0 Å². The molecular formula is C14H9N5O3S2. The minimum absolute atomic E-state index is 0.173. The third-order valence-corrected chi connectivity index (χ3v) is 3.72. The average molecular weight is 359 g/mol. The summed E-state index contributed by atoms with van der Waals surface area (Å²) in [6.07, 6.45) is 1.49. The number of rotatable bonds is 4. The Labute approximate surface area is 144 Å². The van der Waals surface area contributed by atoms with Crippen molar-refractivity contribution in [3.8, 4) is 0 Å². The van der Waals surface area contributed by atoms with Crippen molar-refractivity contribution in [2.75, 3.05) is 0 Å². The first-order chi connectivity index (χ1) is 11.6. The van der Waals surface area contributed by atoms with Crippen LogP contribution in [0.4, 0.5) is 10.8 Å². The van der Waals surface area contributed by atoms with Gasteiger partial charge in [-0.3, -0.25) is 5.10 Å². The Morgan fingerprint density at radius 2 is 2.08 bits per heavy atom. The van der Waals surface area contributed by atoms with E-state index in [0.29, 0.717) is 20.5 Å². The number of nitrogens with zero attached hydrogens (tertiary/aromatic N) is 4. The number of hydrogen-bond acceptors (Lipinski definition) is 7. The third kappa shape index (κ3) is 3.86. The smallest absolute Gasteiger partial charge is 0.335 e. The second kappa shape index (κ2) is 7.06. The van der Waals surface area contributed by atoms with Crippen LogP contribution in [0.5, 0.6) is 0 Å². The summed E-state index contributed by atoms with van der Waals surface area (Å²) in [6, 6.07) is 9.44. The number of aliphatic imine (C=N–C) groups is 1. The second-order valence-electron chi connectivity index (χ2n) is 4.36. The van der Waals surface area contributed by atoms with E-state index in [1.807, 2.05) is 0 Å². The van der Waals surface area contributed by atoms with Crippen molar-refractivity contribution >= 4 is 46.2 Å². The molecule has 0 saturated heterocycles. The Morgan fingerprint density at radius 1 is 1.29 bits per heavy atom. The Bertz CT molecular complexity index is 955. The molecule has 10 heteroatoms. The maximum atomic E-state index is 10.9. The van der Waals surface area contributed by atoms with E-state index in [9.17, 15) is 4.79 Å². The normalized spacial score (nSPS) is 11.9. The number of aromatic nitrogens is 2. The van der Waals surface area contributed by atoms with Crippen molar-refractivity contribution in [1.82, 2.24) is 10.2 Å². The largest absolute Gasteiger partial charge is 0.478 e. The lowest BCUT2D eigenvalue weighted by Gasteiger charge is -1.98. The van der Waals surface area contributed by atoms with Gasteiger partial charge >= 0.3 is 5.97 Å². The molecule has 3 aromatic rings. The number of carbonyl (C=O) groups is 1. The van der Waals surface area contributed by atoms with Gasteiger partial charge in [0.1, 0.15) is 0 Å². The maximum Gasteiger partial charge on any atom is 0.335 e. The minimum atomic E-state index is -1.00. The third-order valence-electron chi connectivity index (χ3n) is 2.75. The van der Waals surface area contributed by atoms with Gasteiger partial charge in [0, 0.05) is 0 Å². The van der Waals surface area contributed by atoms with Crippen LogP contribution in [-0.2, 0) is 0 Å². The lowest BCUT2D eigenvalue weighted by Crippen LogP contribution is -1.95. The molecule has 0 fully saturated rings. The molecule has 0 aliphatic heterocycles. The van der Waals surface area contributed by atoms with Crippen molar-refractivity contribution in [3.05, 3.63) is 57.9 Å². The standard InChI is InChI=1S/C14H9N5O3S2/c20-12(21)8-3-5-9(6-4-8)15-11(10-2-1-7-22-10)16-17-13-18-19-14(23)24-13/h1-7H,(H,19,23)(H,20,21). The fraction of sp³-hybridized carbons (Fsp3) is 0. The zero-order valence-corrected chi connectivity index (χ0v) is 13.5. The van der Waals surface area contributed by atoms with Gasteiger partial charge in [-0.25, -0.2) is 9.79 Å². The van der Waals surface area contributed by atoms with E-state index < -0.39 is 5.97 Å². The van der Waals surface area contributed by atoms with Crippen LogP contribution in [-0.4, -0.2) is 27.1 Å². The Balaban J connectivity index is 1.94. The number of furan rings is 1. The first kappa shape index (κ1) is 15.9. The van der Waals surface area contributed by atoms with E-state index in [1.165, 1.54) is 29.7 Å². The molecule has 0 aliphatic carbocycles. The highest BCUT2D eigenvalue weighted by Gasteiger charge is 2.08. The van der Waals surface area contributed by atoms with Gasteiger partial charge in [0.15, 0.2) is 9.71 Å². The Hall–Kier alpha value is -2.98. The highest BCUT2D eigenvalue weighted by molar-refractivity contribution is 7.73. The predicted octanol–water partition coefficient (Wildman–Crippen LogP) is 4.35. The first-order valence-electron chi connectivity index (χ1n) is 6.55. The van der Waals surface area contributed by atoms with Crippen LogP contribution in [0.15, 0.2) is 62.3 Å². The van der Waals surface area contributed by atoms with Gasteiger partial charge < -0.3 is 9.52 Å². The zero-order chi connectivity index (χ0) is 16.9. The van der Waals surface area contributed by atoms with Gasteiger partial charge in [0.2, 0.25) is 11.0 Å². The highest BCUT2D eigenvalue weighted by Crippen LogP contribution is 2.19. The molecule has 2 N–H and O–H groups in total. The molecule has 0 unspecified atom stereocenters. The summed E-state index contributed by atoms with van der Waals surface area (Å²) in [5.41, 5.74) is 0.687. The molecule has 0 atom stereocenters. The van der Waals surface area contributed by atoms with Crippen LogP contribution in [0.25, 0.3) is 0 Å². The van der Waals surface area contributed by atoms with Crippen molar-refractivity contribution in [3.63, 3.8) is 0 Å². The van der Waals surface area contributed by atoms with E-state index in [4.69, 9.17) is 21.7 Å². The number of aromatic amines is 1. The second-order valence-corrected chi connectivity index (χ2v) is 6.00. The fourth-order valence-electron chi connectivity index (χ4n) is 1.69. The monoisotopic (exact) mass is 359 g/mol. The summed E-state index contributed by atoms with van der Waals surface area (Å²) in [7, 11) is 0. The number of carboxylic acids is 1. The summed E-state index contributed by atoms with van der Waals surface area (Å²) in [4.78, 5) is 15.2. The van der Waals surface area contributed by atoms with Crippen LogP contribution in [0, 0.1) is 3.95 Å². The quantitative estimate of drug-likeness (QED) is 0.311. The molecule has 120 valence electrons. The number of azo groups is 1. The molecule has 0 amide bonds. The van der Waals surface area contributed by atoms with Crippen molar-refractivity contribution < 1.29 is 14.3 Å². The SMILES string of the molecule is O=C(O)c1ccc(N=C(N=Nc2n[nH]c(=S)s2)c2ccco2)cc1. The summed E-state index contributed by atoms with van der Waals surface area (Å²) in [5.74, 6) is -0.361. The molecule has 2 heterocycles. The Kier molecular flexibility index (Phi) is 4.68. The van der Waals surface area contributed by atoms with Gasteiger partial charge in [0.05, 0.1) is 17.5 Å². The topological polar surface area (TPSA) is 116 Å². The molecule has 0 saturated carbocycles. The number of aromatic carboxylic acids is 1. The number of benzene rings is 1. The van der Waals surface area contributed by atoms with Crippen LogP contribution in [0.1, 0.15) is 16.1 Å². The van der Waals surface area contributed by atoms with E-state index in [0.717, 1.165) is 0 Å². The summed E-state index contributed by atoms with van der Waals surface area (Å²) < 4.78 is 5.79. The predicted molar refractivity (Wildman–Crippen MR) is 90.1 cm³/mol. The molecule has 2 aromatic heterocycles. The van der Waals surface area contributed by atoms with Crippen LogP contribution < -0.4 is 0 Å². The zero-order valence-electron chi connectivity index (χ0n) is 11.9. The number of carboxylic acid groups (broad SMARTS) is 1. The number of amidine groups is 1. The van der Waals surface area contributed by atoms with Crippen LogP contribution in [0.2, 0.25) is 0 Å². The molecule has 0 radical (unpaired) electrons.